The van der Waals surface area contributed by atoms with Gasteiger partial charge in [0.1, 0.15) is 6.61 Å². The molecule has 0 radical (unpaired) electrons. The zero-order chi connectivity index (χ0) is 15.2. The van der Waals surface area contributed by atoms with Gasteiger partial charge in [0.25, 0.3) is 11.8 Å². The summed E-state index contributed by atoms with van der Waals surface area (Å²) in [7, 11) is 1.41. The molecule has 110 valence electrons. The number of hydrogen-bond donors (Lipinski definition) is 2. The lowest BCUT2D eigenvalue weighted by Gasteiger charge is -2.08. The van der Waals surface area contributed by atoms with Crippen LogP contribution >= 0.6 is 0 Å². The normalized spacial score (nSPS) is 10.3. The highest BCUT2D eigenvalue weighted by Crippen LogP contribution is 2.15. The van der Waals surface area contributed by atoms with Crippen LogP contribution in [0.25, 0.3) is 0 Å². The molecule has 21 heavy (non-hydrogen) atoms. The minimum atomic E-state index is -0.656. The molecule has 2 aromatic rings. The third-order valence-corrected chi connectivity index (χ3v) is 2.80. The number of carbonyl (C=O) groups excluding carboxylic acids is 2. The molecule has 0 spiro atoms. The predicted molar refractivity (Wildman–Crippen MR) is 76.8 cm³/mol. The highest BCUT2D eigenvalue weighted by molar-refractivity contribution is 6.01. The highest BCUT2D eigenvalue weighted by Gasteiger charge is 2.18. The number of amides is 2. The molecule has 2 rings (SSSR count). The number of imidazole rings is 1. The van der Waals surface area contributed by atoms with E-state index in [-0.39, 0.29) is 18.1 Å². The Morgan fingerprint density at radius 1 is 1.33 bits per heavy atom. The number of hydrogen-bond acceptors (Lipinski definition) is 4. The second-order valence-electron chi connectivity index (χ2n) is 4.40. The van der Waals surface area contributed by atoms with Crippen molar-refractivity contribution in [3.63, 3.8) is 0 Å². The minimum Gasteiger partial charge on any atom is -0.375 e. The fraction of sp³-hybridized carbons (Fsp3) is 0.214. The molecule has 7 nitrogen and oxygen atoms in total. The van der Waals surface area contributed by atoms with Crippen molar-refractivity contribution < 1.29 is 14.3 Å². The van der Waals surface area contributed by atoms with Gasteiger partial charge in [-0.05, 0) is 5.56 Å². The molecular weight excluding hydrogens is 272 g/mol. The van der Waals surface area contributed by atoms with Gasteiger partial charge >= 0.3 is 0 Å². The van der Waals surface area contributed by atoms with Gasteiger partial charge in [0.15, 0.2) is 11.5 Å². The molecule has 1 heterocycles. The fourth-order valence-electron chi connectivity index (χ4n) is 1.93. The standard InChI is InChI=1S/C14H16N4O3/c1-21-8-11(19)17-14-12(13(15)20)18(9-16-14)7-10-5-3-2-4-6-10/h2-6,9H,7-8H2,1H3,(H2,15,20)(H,17,19). The van der Waals surface area contributed by atoms with Gasteiger partial charge in [-0.25, -0.2) is 4.98 Å². The Kier molecular flexibility index (Phi) is 4.68. The van der Waals surface area contributed by atoms with Gasteiger partial charge < -0.3 is 20.4 Å². The molecule has 2 amide bonds. The molecular formula is C14H16N4O3. The maximum atomic E-state index is 11.6. The Labute approximate surface area is 121 Å². The average Bonchev–Trinajstić information content (AvgIpc) is 2.82. The van der Waals surface area contributed by atoms with Crippen molar-refractivity contribution >= 4 is 17.6 Å². The molecule has 1 aromatic heterocycles. The van der Waals surface area contributed by atoms with Crippen LogP contribution in [0.5, 0.6) is 0 Å². The van der Waals surface area contributed by atoms with Gasteiger partial charge in [-0.3, -0.25) is 9.59 Å². The van der Waals surface area contributed by atoms with Crippen LogP contribution in [0.1, 0.15) is 16.1 Å². The van der Waals surface area contributed by atoms with Crippen molar-refractivity contribution in [1.29, 1.82) is 0 Å². The molecule has 0 fully saturated rings. The lowest BCUT2D eigenvalue weighted by Crippen LogP contribution is -2.23. The second-order valence-corrected chi connectivity index (χ2v) is 4.40. The Morgan fingerprint density at radius 2 is 2.05 bits per heavy atom. The molecule has 0 aliphatic carbocycles. The number of nitrogens with one attached hydrogen (secondary N) is 1. The van der Waals surface area contributed by atoms with E-state index in [1.54, 1.807) is 4.57 Å². The summed E-state index contributed by atoms with van der Waals surface area (Å²) in [5.74, 6) is -0.915. The molecule has 1 aromatic carbocycles. The van der Waals surface area contributed by atoms with Crippen molar-refractivity contribution in [2.75, 3.05) is 19.0 Å². The number of methoxy groups -OCH3 is 1. The van der Waals surface area contributed by atoms with Gasteiger partial charge in [0.05, 0.1) is 6.33 Å². The lowest BCUT2D eigenvalue weighted by atomic mass is 10.2. The Balaban J connectivity index is 2.24. The predicted octanol–water partition coefficient (Wildman–Crippen LogP) is 0.615. The van der Waals surface area contributed by atoms with Crippen molar-refractivity contribution in [3.05, 3.63) is 47.9 Å². The van der Waals surface area contributed by atoms with Crippen LogP contribution in [0.4, 0.5) is 5.82 Å². The van der Waals surface area contributed by atoms with Crippen LogP contribution in [-0.2, 0) is 16.1 Å². The number of aromatic nitrogens is 2. The van der Waals surface area contributed by atoms with E-state index in [4.69, 9.17) is 10.5 Å². The minimum absolute atomic E-state index is 0.121. The van der Waals surface area contributed by atoms with Crippen LogP contribution in [0.2, 0.25) is 0 Å². The van der Waals surface area contributed by atoms with Crippen molar-refractivity contribution in [1.82, 2.24) is 9.55 Å². The molecule has 0 atom stereocenters. The van der Waals surface area contributed by atoms with Crippen molar-refractivity contribution in [2.24, 2.45) is 5.73 Å². The van der Waals surface area contributed by atoms with Crippen molar-refractivity contribution in [2.45, 2.75) is 6.54 Å². The lowest BCUT2D eigenvalue weighted by molar-refractivity contribution is -0.119. The van der Waals surface area contributed by atoms with Gasteiger partial charge in [-0.1, -0.05) is 30.3 Å². The first-order chi connectivity index (χ1) is 10.1. The summed E-state index contributed by atoms with van der Waals surface area (Å²) < 4.78 is 6.31. The summed E-state index contributed by atoms with van der Waals surface area (Å²) in [4.78, 5) is 27.2. The van der Waals surface area contributed by atoms with E-state index < -0.39 is 11.8 Å². The monoisotopic (exact) mass is 288 g/mol. The van der Waals surface area contributed by atoms with Crippen LogP contribution in [0.3, 0.4) is 0 Å². The maximum absolute atomic E-state index is 11.6. The number of nitrogens with two attached hydrogens (primary N) is 1. The fourth-order valence-corrected chi connectivity index (χ4v) is 1.93. The Bertz CT molecular complexity index is 637. The number of primary amides is 1. The first-order valence-corrected chi connectivity index (χ1v) is 6.29. The molecule has 0 unspecified atom stereocenters. The SMILES string of the molecule is COCC(=O)Nc1ncn(Cc2ccccc2)c1C(N)=O. The number of ether oxygens (including phenoxy) is 1. The summed E-state index contributed by atoms with van der Waals surface area (Å²) in [5.41, 5.74) is 6.53. The first-order valence-electron chi connectivity index (χ1n) is 6.29. The maximum Gasteiger partial charge on any atom is 0.269 e. The summed E-state index contributed by atoms with van der Waals surface area (Å²) >= 11 is 0. The van der Waals surface area contributed by atoms with Crippen LogP contribution < -0.4 is 11.1 Å². The molecule has 0 saturated carbocycles. The summed E-state index contributed by atoms with van der Waals surface area (Å²) in [6.45, 7) is 0.315. The van der Waals surface area contributed by atoms with E-state index in [0.717, 1.165) is 5.56 Å². The molecule has 3 N–H and O–H groups in total. The third kappa shape index (κ3) is 3.67. The largest absolute Gasteiger partial charge is 0.375 e. The van der Waals surface area contributed by atoms with Crippen LogP contribution in [-0.4, -0.2) is 35.1 Å². The van der Waals surface area contributed by atoms with E-state index >= 15 is 0 Å². The third-order valence-electron chi connectivity index (χ3n) is 2.80. The van der Waals surface area contributed by atoms with Crippen LogP contribution in [0.15, 0.2) is 36.7 Å². The van der Waals surface area contributed by atoms with Gasteiger partial charge in [-0.15, -0.1) is 0 Å². The first kappa shape index (κ1) is 14.7. The van der Waals surface area contributed by atoms with E-state index in [2.05, 4.69) is 10.3 Å². The zero-order valence-corrected chi connectivity index (χ0v) is 11.6. The van der Waals surface area contributed by atoms with Gasteiger partial charge in [-0.2, -0.15) is 0 Å². The molecule has 0 aliphatic heterocycles. The summed E-state index contributed by atoms with van der Waals surface area (Å²) in [6, 6.07) is 9.56. The average molecular weight is 288 g/mol. The van der Waals surface area contributed by atoms with E-state index in [1.165, 1.54) is 13.4 Å². The Hall–Kier alpha value is -2.67. The number of rotatable bonds is 6. The summed E-state index contributed by atoms with van der Waals surface area (Å²) in [5, 5.41) is 2.50. The second kappa shape index (κ2) is 6.67. The van der Waals surface area contributed by atoms with E-state index in [9.17, 15) is 9.59 Å². The molecule has 7 heteroatoms. The zero-order valence-electron chi connectivity index (χ0n) is 11.6. The van der Waals surface area contributed by atoms with Gasteiger partial charge in [0, 0.05) is 13.7 Å². The number of benzene rings is 1. The molecule has 0 saturated heterocycles. The summed E-state index contributed by atoms with van der Waals surface area (Å²) in [6.07, 6.45) is 1.47. The highest BCUT2D eigenvalue weighted by atomic mass is 16.5. The van der Waals surface area contributed by atoms with Crippen molar-refractivity contribution in [3.8, 4) is 0 Å². The molecule has 0 bridgehead atoms. The molecule has 0 aliphatic rings. The smallest absolute Gasteiger partial charge is 0.269 e. The van der Waals surface area contributed by atoms with E-state index in [0.29, 0.717) is 6.54 Å². The number of carbonyl (C=O) groups is 2. The number of nitrogens with zero attached hydrogens (tertiary/aromatic N) is 2. The quantitative estimate of drug-likeness (QED) is 0.813. The van der Waals surface area contributed by atoms with Crippen LogP contribution in [0, 0.1) is 0 Å². The van der Waals surface area contributed by atoms with Gasteiger partial charge in [0.2, 0.25) is 0 Å². The topological polar surface area (TPSA) is 99.2 Å². The number of anilines is 1. The Morgan fingerprint density at radius 3 is 2.67 bits per heavy atom. The van der Waals surface area contributed by atoms with E-state index in [1.807, 2.05) is 30.3 Å².